The summed E-state index contributed by atoms with van der Waals surface area (Å²) in [7, 11) is 3.17. The number of anilines is 1. The van der Waals surface area contributed by atoms with Gasteiger partial charge >= 0.3 is 0 Å². The largest absolute Gasteiger partial charge is 0.497 e. The van der Waals surface area contributed by atoms with Gasteiger partial charge in [0, 0.05) is 15.7 Å². The summed E-state index contributed by atoms with van der Waals surface area (Å²) in [6, 6.07) is 19.6. The number of hydrogen-bond acceptors (Lipinski definition) is 6. The minimum Gasteiger partial charge on any atom is -0.497 e. The van der Waals surface area contributed by atoms with Crippen LogP contribution in [0.3, 0.4) is 0 Å². The number of halogens is 2. The highest BCUT2D eigenvalue weighted by Crippen LogP contribution is 2.34. The first kappa shape index (κ1) is 27.1. The summed E-state index contributed by atoms with van der Waals surface area (Å²) < 4.78 is 14.6. The Bertz CT molecular complexity index is 1780. The number of para-hydroxylation sites is 1. The molecular formula is C29H23Br2N3O4S. The van der Waals surface area contributed by atoms with E-state index in [0.717, 1.165) is 20.1 Å². The van der Waals surface area contributed by atoms with Crippen molar-refractivity contribution in [1.82, 2.24) is 4.57 Å². The highest BCUT2D eigenvalue weighted by Gasteiger charge is 2.32. The van der Waals surface area contributed by atoms with Crippen LogP contribution in [0.5, 0.6) is 11.5 Å². The standard InChI is InChI=1S/C29H23Br2N3O4S/c1-16-24(27(35)33-20-7-5-4-6-8-20)25(17-9-11-21(37-2)12-10-17)34-28(36)23(39-29(34)32-16)14-18-13-19(30)15-22(31)26(18)38-3/h4-15,25H,1-3H3,(H,33,35)/b23-14+/t25-/m0/s1. The number of allylic oxidation sites excluding steroid dienone is 1. The molecule has 5 rings (SSSR count). The van der Waals surface area contributed by atoms with E-state index >= 15 is 0 Å². The Hall–Kier alpha value is -3.47. The molecule has 1 aliphatic rings. The molecule has 7 nitrogen and oxygen atoms in total. The zero-order valence-electron chi connectivity index (χ0n) is 21.2. The van der Waals surface area contributed by atoms with E-state index in [1.54, 1.807) is 31.8 Å². The number of fused-ring (bicyclic) bond motifs is 1. The summed E-state index contributed by atoms with van der Waals surface area (Å²) in [5, 5.41) is 2.96. The van der Waals surface area contributed by atoms with Crippen LogP contribution in [-0.4, -0.2) is 24.7 Å². The zero-order chi connectivity index (χ0) is 27.7. The molecule has 1 aromatic heterocycles. The number of aromatic nitrogens is 1. The van der Waals surface area contributed by atoms with Crippen LogP contribution < -0.4 is 29.7 Å². The summed E-state index contributed by atoms with van der Waals surface area (Å²) in [5.41, 5.74) is 2.82. The number of hydrogen-bond donors (Lipinski definition) is 1. The molecule has 0 aliphatic carbocycles. The van der Waals surface area contributed by atoms with Gasteiger partial charge < -0.3 is 14.8 Å². The topological polar surface area (TPSA) is 81.9 Å². The summed E-state index contributed by atoms with van der Waals surface area (Å²) in [6.07, 6.45) is 1.78. The Labute approximate surface area is 245 Å². The lowest BCUT2D eigenvalue weighted by Gasteiger charge is -2.25. The molecule has 0 unspecified atom stereocenters. The molecule has 1 amide bonds. The van der Waals surface area contributed by atoms with Gasteiger partial charge in [0.05, 0.1) is 40.5 Å². The molecule has 1 atom stereocenters. The van der Waals surface area contributed by atoms with E-state index < -0.39 is 6.04 Å². The number of benzene rings is 3. The number of ether oxygens (including phenoxy) is 2. The molecule has 1 N–H and O–H groups in total. The fourth-order valence-electron chi connectivity index (χ4n) is 4.48. The minimum atomic E-state index is -0.686. The predicted octanol–water partition coefficient (Wildman–Crippen LogP) is 5.42. The van der Waals surface area contributed by atoms with E-state index in [4.69, 9.17) is 14.5 Å². The Balaban J connectivity index is 1.70. The van der Waals surface area contributed by atoms with Gasteiger partial charge in [-0.2, -0.15) is 0 Å². The Morgan fingerprint density at radius 2 is 1.77 bits per heavy atom. The molecule has 198 valence electrons. The van der Waals surface area contributed by atoms with Crippen molar-refractivity contribution in [3.63, 3.8) is 0 Å². The number of methoxy groups -OCH3 is 2. The van der Waals surface area contributed by atoms with Crippen LogP contribution in [0.4, 0.5) is 5.69 Å². The normalized spacial score (nSPS) is 15.0. The van der Waals surface area contributed by atoms with Crippen LogP contribution in [0.15, 0.2) is 96.7 Å². The summed E-state index contributed by atoms with van der Waals surface area (Å²) in [4.78, 5) is 32.8. The van der Waals surface area contributed by atoms with Crippen molar-refractivity contribution in [2.75, 3.05) is 19.5 Å². The van der Waals surface area contributed by atoms with Gasteiger partial charge in [0.2, 0.25) is 0 Å². The van der Waals surface area contributed by atoms with Crippen molar-refractivity contribution < 1.29 is 14.3 Å². The van der Waals surface area contributed by atoms with E-state index in [2.05, 4.69) is 37.2 Å². The summed E-state index contributed by atoms with van der Waals surface area (Å²) in [5.74, 6) is 0.958. The highest BCUT2D eigenvalue weighted by atomic mass is 79.9. The Morgan fingerprint density at radius 1 is 1.05 bits per heavy atom. The van der Waals surface area contributed by atoms with Crippen LogP contribution in [-0.2, 0) is 4.79 Å². The maximum Gasteiger partial charge on any atom is 0.271 e. The number of carbonyl (C=O) groups is 1. The average molecular weight is 669 g/mol. The van der Waals surface area contributed by atoms with Crippen LogP contribution >= 0.6 is 43.2 Å². The fourth-order valence-corrected chi connectivity index (χ4v) is 6.94. The van der Waals surface area contributed by atoms with Gasteiger partial charge in [-0.1, -0.05) is 57.6 Å². The monoisotopic (exact) mass is 667 g/mol. The molecule has 39 heavy (non-hydrogen) atoms. The van der Waals surface area contributed by atoms with Crippen molar-refractivity contribution in [3.05, 3.63) is 118 Å². The van der Waals surface area contributed by atoms with Crippen LogP contribution in [0.1, 0.15) is 24.1 Å². The first-order valence-corrected chi connectivity index (χ1v) is 14.3. The lowest BCUT2D eigenvalue weighted by Crippen LogP contribution is -2.40. The molecule has 0 saturated carbocycles. The minimum absolute atomic E-state index is 0.254. The summed E-state index contributed by atoms with van der Waals surface area (Å²) in [6.45, 7) is 1.79. The van der Waals surface area contributed by atoms with Crippen molar-refractivity contribution in [2.24, 2.45) is 4.99 Å². The third-order valence-electron chi connectivity index (χ3n) is 6.26. The van der Waals surface area contributed by atoms with Gasteiger partial charge in [0.1, 0.15) is 11.5 Å². The van der Waals surface area contributed by atoms with E-state index in [9.17, 15) is 9.59 Å². The van der Waals surface area contributed by atoms with E-state index in [1.807, 2.05) is 66.7 Å². The molecular weight excluding hydrogens is 646 g/mol. The van der Waals surface area contributed by atoms with Gasteiger partial charge in [-0.05, 0) is 70.9 Å². The average Bonchev–Trinajstić information content (AvgIpc) is 3.22. The number of amides is 1. The van der Waals surface area contributed by atoms with Crippen molar-refractivity contribution in [3.8, 4) is 11.5 Å². The van der Waals surface area contributed by atoms with E-state index in [-0.39, 0.29) is 11.5 Å². The lowest BCUT2D eigenvalue weighted by molar-refractivity contribution is -0.113. The third kappa shape index (κ3) is 5.36. The van der Waals surface area contributed by atoms with Crippen LogP contribution in [0.25, 0.3) is 6.08 Å². The van der Waals surface area contributed by atoms with Gasteiger partial charge in [0.15, 0.2) is 4.80 Å². The molecule has 4 aromatic rings. The quantitative estimate of drug-likeness (QED) is 0.298. The fraction of sp³-hybridized carbons (Fsp3) is 0.138. The molecule has 0 fully saturated rings. The predicted molar refractivity (Wildman–Crippen MR) is 160 cm³/mol. The molecule has 2 heterocycles. The number of nitrogens with one attached hydrogen (secondary N) is 1. The molecule has 1 aliphatic heterocycles. The van der Waals surface area contributed by atoms with E-state index in [0.29, 0.717) is 37.8 Å². The Kier molecular flexibility index (Phi) is 7.88. The van der Waals surface area contributed by atoms with E-state index in [1.165, 1.54) is 11.3 Å². The third-order valence-corrected chi connectivity index (χ3v) is 8.29. The van der Waals surface area contributed by atoms with Gasteiger partial charge in [-0.3, -0.25) is 14.2 Å². The Morgan fingerprint density at radius 3 is 2.44 bits per heavy atom. The lowest BCUT2D eigenvalue weighted by atomic mass is 9.95. The maximum atomic E-state index is 14.0. The zero-order valence-corrected chi connectivity index (χ0v) is 25.2. The molecule has 10 heteroatoms. The van der Waals surface area contributed by atoms with Gasteiger partial charge in [-0.25, -0.2) is 4.99 Å². The van der Waals surface area contributed by atoms with Crippen molar-refractivity contribution in [1.29, 1.82) is 0 Å². The SMILES string of the molecule is COc1ccc([C@H]2C(C(=O)Nc3ccccc3)=C(C)N=c3s/c(=C/c4cc(Br)cc(Br)c4OC)c(=O)n32)cc1. The van der Waals surface area contributed by atoms with Crippen LogP contribution in [0.2, 0.25) is 0 Å². The molecule has 0 spiro atoms. The number of nitrogens with zero attached hydrogens (tertiary/aromatic N) is 2. The van der Waals surface area contributed by atoms with Crippen molar-refractivity contribution >= 4 is 60.9 Å². The second-order valence-corrected chi connectivity index (χ2v) is 11.5. The first-order valence-electron chi connectivity index (χ1n) is 11.9. The van der Waals surface area contributed by atoms with Gasteiger partial charge in [-0.15, -0.1) is 0 Å². The molecule has 3 aromatic carbocycles. The molecule has 0 saturated heterocycles. The molecule has 0 radical (unpaired) electrons. The molecule has 0 bridgehead atoms. The van der Waals surface area contributed by atoms with Crippen LogP contribution in [0, 0.1) is 0 Å². The second-order valence-electron chi connectivity index (χ2n) is 8.69. The number of rotatable bonds is 6. The second kappa shape index (κ2) is 11.3. The van der Waals surface area contributed by atoms with Crippen molar-refractivity contribution in [2.45, 2.75) is 13.0 Å². The number of thiazole rings is 1. The smallest absolute Gasteiger partial charge is 0.271 e. The highest BCUT2D eigenvalue weighted by molar-refractivity contribution is 9.11. The maximum absolute atomic E-state index is 14.0. The summed E-state index contributed by atoms with van der Waals surface area (Å²) >= 11 is 8.30. The number of carbonyl (C=O) groups excluding carboxylic acids is 1. The first-order chi connectivity index (χ1) is 18.8. The van der Waals surface area contributed by atoms with Gasteiger partial charge in [0.25, 0.3) is 11.5 Å².